The molecule has 5 rings (SSSR count). The van der Waals surface area contributed by atoms with Gasteiger partial charge >= 0.3 is 11.8 Å². The summed E-state index contributed by atoms with van der Waals surface area (Å²) in [4.78, 5) is 2.59. The maximum atomic E-state index is 5.21. The zero-order chi connectivity index (χ0) is 16.2. The van der Waals surface area contributed by atoms with Gasteiger partial charge in [-0.1, -0.05) is 48.2 Å². The number of fused-ring (bicyclic) bond motifs is 3. The maximum absolute atomic E-state index is 5.21. The van der Waals surface area contributed by atoms with Gasteiger partial charge in [0.25, 0.3) is 0 Å². The summed E-state index contributed by atoms with van der Waals surface area (Å²) in [5.74, 6) is 0. The molecule has 1 aliphatic heterocycles. The van der Waals surface area contributed by atoms with Crippen LogP contribution >= 0.6 is 11.8 Å². The Morgan fingerprint density at radius 1 is 0.625 bits per heavy atom. The van der Waals surface area contributed by atoms with E-state index in [1.165, 1.54) is 21.2 Å². The summed E-state index contributed by atoms with van der Waals surface area (Å²) in [7, 11) is 0. The highest BCUT2D eigenvalue weighted by atomic mass is 32.2. The van der Waals surface area contributed by atoms with Gasteiger partial charge in [0.05, 0.1) is 16.8 Å². The molecule has 3 heteroatoms. The number of nitrogens with one attached hydrogen (secondary N) is 1. The summed E-state index contributed by atoms with van der Waals surface area (Å²) in [6.45, 7) is 0. The fraction of sp³-hybridized carbons (Fsp3) is 0. The first-order chi connectivity index (χ1) is 11.9. The quantitative estimate of drug-likeness (QED) is 0.323. The molecule has 0 unspecified atom stereocenters. The van der Waals surface area contributed by atoms with E-state index in [2.05, 4.69) is 53.8 Å². The van der Waals surface area contributed by atoms with Crippen LogP contribution in [-0.2, 0) is 0 Å². The van der Waals surface area contributed by atoms with Crippen LogP contribution in [0.2, 0.25) is 0 Å². The van der Waals surface area contributed by atoms with E-state index in [0.29, 0.717) is 0 Å². The summed E-state index contributed by atoms with van der Waals surface area (Å²) < 4.78 is 5.21. The highest BCUT2D eigenvalue weighted by Gasteiger charge is 2.13. The van der Waals surface area contributed by atoms with Gasteiger partial charge in [-0.25, -0.2) is 4.42 Å². The Morgan fingerprint density at radius 2 is 1.21 bits per heavy atom. The van der Waals surface area contributed by atoms with Crippen LogP contribution in [0.15, 0.2) is 105 Å². The molecule has 0 radical (unpaired) electrons. The Labute approximate surface area is 145 Å². The molecule has 3 aromatic carbocycles. The van der Waals surface area contributed by atoms with E-state index in [9.17, 15) is 0 Å². The first-order valence-corrected chi connectivity index (χ1v) is 8.60. The first kappa shape index (κ1) is 14.8. The fourth-order valence-corrected chi connectivity index (χ4v) is 3.55. The van der Waals surface area contributed by atoms with Crippen molar-refractivity contribution in [3.05, 3.63) is 91.2 Å². The number of anilines is 2. The molecule has 1 aromatic heterocycles. The van der Waals surface area contributed by atoms with Gasteiger partial charge in [0.2, 0.25) is 0 Å². The molecule has 1 N–H and O–H groups in total. The van der Waals surface area contributed by atoms with E-state index in [1.54, 1.807) is 6.26 Å². The van der Waals surface area contributed by atoms with Crippen molar-refractivity contribution in [1.82, 2.24) is 0 Å². The molecule has 0 atom stereocenters. The predicted octanol–water partition coefficient (Wildman–Crippen LogP) is 6.61. The Kier molecular flexibility index (Phi) is 4.17. The molecule has 0 fully saturated rings. The van der Waals surface area contributed by atoms with Crippen LogP contribution in [0.5, 0.6) is 0 Å². The lowest BCUT2D eigenvalue weighted by Gasteiger charge is -2.19. The summed E-state index contributed by atoms with van der Waals surface area (Å²) in [6.07, 6.45) is 1.68. The molecule has 0 bridgehead atoms. The van der Waals surface area contributed by atoms with Gasteiger partial charge in [0.15, 0.2) is 0 Å². The van der Waals surface area contributed by atoms with Gasteiger partial charge in [-0.3, -0.25) is 0 Å². The number of rotatable bonds is 0. The van der Waals surface area contributed by atoms with Crippen LogP contribution in [0.3, 0.4) is 0 Å². The largest absolute Gasteiger partial charge is 0.359 e. The van der Waals surface area contributed by atoms with Crippen molar-refractivity contribution in [1.29, 1.82) is 0 Å². The predicted molar refractivity (Wildman–Crippen MR) is 101 cm³/mol. The normalized spacial score (nSPS) is 11.5. The molecule has 0 saturated carbocycles. The molecule has 0 aliphatic carbocycles. The third-order valence-electron chi connectivity index (χ3n) is 3.73. The maximum Gasteiger partial charge on any atom is 0.359 e. The van der Waals surface area contributed by atoms with E-state index >= 15 is 0 Å². The van der Waals surface area contributed by atoms with Crippen LogP contribution < -0.4 is 5.32 Å². The zero-order valence-electron chi connectivity index (χ0n) is 13.0. The van der Waals surface area contributed by atoms with Gasteiger partial charge in [-0.2, -0.15) is 0 Å². The minimum atomic E-state index is 0.935. The van der Waals surface area contributed by atoms with Crippen LogP contribution in [0.25, 0.3) is 11.0 Å². The van der Waals surface area contributed by atoms with Crippen molar-refractivity contribution in [3.63, 3.8) is 0 Å². The number of hydrogen-bond donors (Lipinski definition) is 1. The number of benzene rings is 3. The molecule has 116 valence electrons. The smallest absolute Gasteiger partial charge is 0.354 e. The molecular formula is C21H16NOS+. The minimum Gasteiger partial charge on any atom is -0.354 e. The minimum absolute atomic E-state index is 0.935. The highest BCUT2D eigenvalue weighted by Crippen LogP contribution is 2.43. The first-order valence-electron chi connectivity index (χ1n) is 7.79. The molecule has 0 spiro atoms. The molecule has 2 nitrogen and oxygen atoms in total. The summed E-state index contributed by atoms with van der Waals surface area (Å²) in [5, 5.41) is 4.56. The molecular weight excluding hydrogens is 314 g/mol. The lowest BCUT2D eigenvalue weighted by Crippen LogP contribution is -1.98. The molecule has 4 aromatic rings. The van der Waals surface area contributed by atoms with E-state index < -0.39 is 0 Å². The van der Waals surface area contributed by atoms with Crippen molar-refractivity contribution in [2.45, 2.75) is 9.79 Å². The standard InChI is InChI=1S/C12H9NS.C9H7O/c1-3-7-11-9(5-1)13-10-6-2-4-8-12(10)14-11;1-2-6-9-8(4-1)5-3-7-10-9/h1-8,13H;1-7H/q;+1. The van der Waals surface area contributed by atoms with Crippen LogP contribution in [-0.4, -0.2) is 0 Å². The molecule has 0 saturated heterocycles. The summed E-state index contributed by atoms with van der Waals surface area (Å²) in [6, 6.07) is 28.6. The second kappa shape index (κ2) is 6.77. The van der Waals surface area contributed by atoms with E-state index in [1.807, 2.05) is 48.2 Å². The molecule has 24 heavy (non-hydrogen) atoms. The van der Waals surface area contributed by atoms with Crippen molar-refractivity contribution < 1.29 is 4.42 Å². The van der Waals surface area contributed by atoms with Crippen LogP contribution in [0.1, 0.15) is 0 Å². The lowest BCUT2D eigenvalue weighted by molar-refractivity contribution is 0.604. The number of para-hydroxylation sites is 3. The topological polar surface area (TPSA) is 23.3 Å². The van der Waals surface area contributed by atoms with Crippen molar-refractivity contribution >= 4 is 34.1 Å². The Bertz CT molecular complexity index is 831. The van der Waals surface area contributed by atoms with Gasteiger partial charge in [-0.05, 0) is 36.4 Å². The second-order valence-electron chi connectivity index (χ2n) is 5.37. The third kappa shape index (κ3) is 3.12. The molecule has 2 heterocycles. The average Bonchev–Trinajstić information content (AvgIpc) is 2.67. The van der Waals surface area contributed by atoms with Gasteiger partial charge in [0.1, 0.15) is 0 Å². The summed E-state index contributed by atoms with van der Waals surface area (Å²) in [5.41, 5.74) is 3.34. The van der Waals surface area contributed by atoms with E-state index in [4.69, 9.17) is 4.42 Å². The fourth-order valence-electron chi connectivity index (χ4n) is 2.56. The van der Waals surface area contributed by atoms with Gasteiger partial charge in [-0.15, -0.1) is 0 Å². The molecule has 1 aliphatic rings. The van der Waals surface area contributed by atoms with E-state index in [0.717, 1.165) is 11.0 Å². The Balaban J connectivity index is 0.000000129. The van der Waals surface area contributed by atoms with Crippen LogP contribution in [0, 0.1) is 0 Å². The van der Waals surface area contributed by atoms with Gasteiger partial charge in [0, 0.05) is 21.9 Å². The summed E-state index contributed by atoms with van der Waals surface area (Å²) >= 11 is 1.82. The Hall–Kier alpha value is -2.78. The van der Waals surface area contributed by atoms with Crippen molar-refractivity contribution in [2.75, 3.05) is 5.32 Å². The Morgan fingerprint density at radius 3 is 1.92 bits per heavy atom. The highest BCUT2D eigenvalue weighted by molar-refractivity contribution is 7.99. The molecule has 0 amide bonds. The second-order valence-corrected chi connectivity index (χ2v) is 6.45. The lowest BCUT2D eigenvalue weighted by atomic mass is 10.2. The third-order valence-corrected chi connectivity index (χ3v) is 4.88. The van der Waals surface area contributed by atoms with Crippen molar-refractivity contribution in [2.24, 2.45) is 0 Å². The SMILES string of the molecule is c1ccc2[o+]cccc2c1.c1ccc2c(c1)Nc1ccccc1S2. The van der Waals surface area contributed by atoms with Gasteiger partial charge < -0.3 is 5.32 Å². The zero-order valence-corrected chi connectivity index (χ0v) is 13.8. The average molecular weight is 330 g/mol. The number of hydrogen-bond acceptors (Lipinski definition) is 2. The van der Waals surface area contributed by atoms with Crippen molar-refractivity contribution in [3.8, 4) is 0 Å². The monoisotopic (exact) mass is 330 g/mol. The van der Waals surface area contributed by atoms with Crippen LogP contribution in [0.4, 0.5) is 11.4 Å². The van der Waals surface area contributed by atoms with E-state index in [-0.39, 0.29) is 0 Å².